The van der Waals surface area contributed by atoms with Crippen molar-refractivity contribution in [3.8, 4) is 11.3 Å². The van der Waals surface area contributed by atoms with E-state index in [1.165, 1.54) is 0 Å². The van der Waals surface area contributed by atoms with Crippen LogP contribution >= 0.6 is 0 Å². The molecule has 1 atom stereocenters. The van der Waals surface area contributed by atoms with Crippen molar-refractivity contribution < 1.29 is 9.53 Å². The molecule has 5 rings (SSSR count). The van der Waals surface area contributed by atoms with Gasteiger partial charge in [0.15, 0.2) is 0 Å². The van der Waals surface area contributed by atoms with E-state index in [4.69, 9.17) is 10.5 Å². The molecule has 9 nitrogen and oxygen atoms in total. The number of benzene rings is 1. The molecular formula is C20H21N7O2. The molecular weight excluding hydrogens is 370 g/mol. The summed E-state index contributed by atoms with van der Waals surface area (Å²) < 4.78 is 5.39. The van der Waals surface area contributed by atoms with E-state index in [0.29, 0.717) is 43.9 Å². The van der Waals surface area contributed by atoms with Gasteiger partial charge in [0.25, 0.3) is 0 Å². The molecule has 9 heteroatoms. The largest absolute Gasteiger partial charge is 0.383 e. The maximum Gasteiger partial charge on any atom is 0.229 e. The molecule has 2 aliphatic heterocycles. The summed E-state index contributed by atoms with van der Waals surface area (Å²) in [6.45, 7) is 2.61. The van der Waals surface area contributed by atoms with Crippen LogP contribution < -0.4 is 16.0 Å². The first-order valence-electron chi connectivity index (χ1n) is 9.59. The van der Waals surface area contributed by atoms with E-state index in [1.807, 2.05) is 35.2 Å². The second-order valence-corrected chi connectivity index (χ2v) is 7.14. The van der Waals surface area contributed by atoms with Gasteiger partial charge in [-0.2, -0.15) is 15.1 Å². The summed E-state index contributed by atoms with van der Waals surface area (Å²) in [5, 5.41) is 10.2. The number of H-pyrrole nitrogens is 1. The zero-order valence-electron chi connectivity index (χ0n) is 15.8. The first-order valence-corrected chi connectivity index (χ1v) is 9.59. The summed E-state index contributed by atoms with van der Waals surface area (Å²) >= 11 is 0. The smallest absolute Gasteiger partial charge is 0.229 e. The highest BCUT2D eigenvalue weighted by atomic mass is 16.5. The SMILES string of the molecule is Nc1nc(N2CCOCC2)nc2c1C(c1cn[nH]c1-c1ccccc1)CC(=O)N2. The Labute approximate surface area is 167 Å². The number of hydrogen-bond donors (Lipinski definition) is 3. The number of fused-ring (bicyclic) bond motifs is 1. The number of anilines is 3. The molecule has 4 heterocycles. The molecule has 2 aromatic heterocycles. The van der Waals surface area contributed by atoms with Crippen molar-refractivity contribution in [2.24, 2.45) is 0 Å². The van der Waals surface area contributed by atoms with Gasteiger partial charge in [-0.05, 0) is 5.56 Å². The van der Waals surface area contributed by atoms with E-state index in [2.05, 4.69) is 25.5 Å². The topological polar surface area (TPSA) is 122 Å². The fourth-order valence-electron chi connectivity index (χ4n) is 3.95. The zero-order chi connectivity index (χ0) is 19.8. The molecule has 3 aromatic rings. The van der Waals surface area contributed by atoms with Gasteiger partial charge in [-0.3, -0.25) is 9.89 Å². The molecule has 1 aromatic carbocycles. The van der Waals surface area contributed by atoms with E-state index in [0.717, 1.165) is 22.4 Å². The molecule has 1 amide bonds. The van der Waals surface area contributed by atoms with Gasteiger partial charge in [-0.15, -0.1) is 0 Å². The minimum absolute atomic E-state index is 0.103. The molecule has 0 spiro atoms. The first kappa shape index (κ1) is 17.6. The number of ether oxygens (including phenoxy) is 1. The van der Waals surface area contributed by atoms with E-state index in [-0.39, 0.29) is 18.2 Å². The van der Waals surface area contributed by atoms with Crippen LogP contribution in [0.3, 0.4) is 0 Å². The number of carbonyl (C=O) groups is 1. The normalized spacial score (nSPS) is 19.0. The number of nitrogens with zero attached hydrogens (tertiary/aromatic N) is 4. The Morgan fingerprint density at radius 2 is 1.93 bits per heavy atom. The molecule has 0 radical (unpaired) electrons. The van der Waals surface area contributed by atoms with Crippen molar-refractivity contribution in [3.63, 3.8) is 0 Å². The van der Waals surface area contributed by atoms with Crippen LogP contribution in [0.15, 0.2) is 36.5 Å². The number of morpholine rings is 1. The maximum atomic E-state index is 12.5. The van der Waals surface area contributed by atoms with Gasteiger partial charge >= 0.3 is 0 Å². The molecule has 0 bridgehead atoms. The third-order valence-corrected chi connectivity index (χ3v) is 5.36. The van der Waals surface area contributed by atoms with E-state index >= 15 is 0 Å². The Balaban J connectivity index is 1.58. The van der Waals surface area contributed by atoms with Crippen molar-refractivity contribution in [2.75, 3.05) is 42.3 Å². The number of nitrogen functional groups attached to an aromatic ring is 1. The van der Waals surface area contributed by atoms with Gasteiger partial charge in [-0.25, -0.2) is 0 Å². The Morgan fingerprint density at radius 1 is 1.14 bits per heavy atom. The number of carbonyl (C=O) groups excluding carboxylic acids is 1. The third kappa shape index (κ3) is 3.19. The third-order valence-electron chi connectivity index (χ3n) is 5.36. The van der Waals surface area contributed by atoms with Crippen LogP contribution in [-0.4, -0.2) is 52.4 Å². The highest BCUT2D eigenvalue weighted by molar-refractivity contribution is 5.96. The molecule has 29 heavy (non-hydrogen) atoms. The van der Waals surface area contributed by atoms with Crippen molar-refractivity contribution in [2.45, 2.75) is 12.3 Å². The molecule has 1 unspecified atom stereocenters. The number of amides is 1. The van der Waals surface area contributed by atoms with Gasteiger partial charge in [0.2, 0.25) is 11.9 Å². The van der Waals surface area contributed by atoms with Crippen molar-refractivity contribution >= 4 is 23.5 Å². The highest BCUT2D eigenvalue weighted by Gasteiger charge is 2.34. The van der Waals surface area contributed by atoms with E-state index < -0.39 is 0 Å². The minimum atomic E-state index is -0.272. The van der Waals surface area contributed by atoms with Gasteiger partial charge in [0, 0.05) is 36.6 Å². The summed E-state index contributed by atoms with van der Waals surface area (Å²) in [5.41, 5.74) is 9.89. The van der Waals surface area contributed by atoms with Crippen molar-refractivity contribution in [3.05, 3.63) is 47.7 Å². The quantitative estimate of drug-likeness (QED) is 0.622. The zero-order valence-corrected chi connectivity index (χ0v) is 15.8. The van der Waals surface area contributed by atoms with Gasteiger partial charge in [-0.1, -0.05) is 30.3 Å². The average molecular weight is 391 g/mol. The van der Waals surface area contributed by atoms with Crippen LogP contribution in [0.25, 0.3) is 11.3 Å². The fourth-order valence-corrected chi connectivity index (χ4v) is 3.95. The lowest BCUT2D eigenvalue weighted by Gasteiger charge is -2.30. The second-order valence-electron chi connectivity index (χ2n) is 7.14. The summed E-state index contributed by atoms with van der Waals surface area (Å²) in [6.07, 6.45) is 2.02. The number of nitrogens with two attached hydrogens (primary N) is 1. The van der Waals surface area contributed by atoms with Crippen LogP contribution in [0.5, 0.6) is 0 Å². The number of aromatic nitrogens is 4. The molecule has 0 saturated carbocycles. The standard InChI is InChI=1S/C20H21N7O2/c21-18-16-13(14-11-22-26-17(14)12-4-2-1-3-5-12)10-15(28)23-19(16)25-20(24-18)27-6-8-29-9-7-27/h1-5,11,13H,6-10H2,(H,22,26)(H3,21,23,24,25,28). The van der Waals surface area contributed by atoms with E-state index in [9.17, 15) is 4.79 Å². The van der Waals surface area contributed by atoms with Crippen LogP contribution in [-0.2, 0) is 9.53 Å². The molecule has 4 N–H and O–H groups in total. The predicted octanol–water partition coefficient (Wildman–Crippen LogP) is 1.76. The minimum Gasteiger partial charge on any atom is -0.383 e. The molecule has 1 saturated heterocycles. The van der Waals surface area contributed by atoms with Crippen LogP contribution in [0.2, 0.25) is 0 Å². The molecule has 148 valence electrons. The van der Waals surface area contributed by atoms with Crippen LogP contribution in [0.4, 0.5) is 17.6 Å². The number of hydrogen-bond acceptors (Lipinski definition) is 7. The Kier molecular flexibility index (Phi) is 4.36. The highest BCUT2D eigenvalue weighted by Crippen LogP contribution is 2.42. The molecule has 0 aliphatic carbocycles. The fraction of sp³-hybridized carbons (Fsp3) is 0.300. The maximum absolute atomic E-state index is 12.5. The number of aromatic amines is 1. The van der Waals surface area contributed by atoms with Gasteiger partial charge in [0.05, 0.1) is 25.1 Å². The molecule has 1 fully saturated rings. The second kappa shape index (κ2) is 7.17. The lowest BCUT2D eigenvalue weighted by atomic mass is 9.85. The Morgan fingerprint density at radius 3 is 2.72 bits per heavy atom. The number of rotatable bonds is 3. The summed E-state index contributed by atoms with van der Waals surface area (Å²) in [7, 11) is 0. The predicted molar refractivity (Wildman–Crippen MR) is 109 cm³/mol. The van der Waals surface area contributed by atoms with Crippen molar-refractivity contribution in [1.82, 2.24) is 20.2 Å². The summed E-state index contributed by atoms with van der Waals surface area (Å²) in [5.74, 6) is 0.989. The monoisotopic (exact) mass is 391 g/mol. The Hall–Kier alpha value is -3.46. The van der Waals surface area contributed by atoms with E-state index in [1.54, 1.807) is 6.20 Å². The Bertz CT molecular complexity index is 1040. The van der Waals surface area contributed by atoms with Crippen LogP contribution in [0.1, 0.15) is 23.5 Å². The summed E-state index contributed by atoms with van der Waals surface area (Å²) in [6, 6.07) is 9.90. The van der Waals surface area contributed by atoms with Crippen LogP contribution in [0, 0.1) is 0 Å². The van der Waals surface area contributed by atoms with Crippen molar-refractivity contribution in [1.29, 1.82) is 0 Å². The molecule has 2 aliphatic rings. The average Bonchev–Trinajstić information content (AvgIpc) is 3.24. The lowest BCUT2D eigenvalue weighted by Crippen LogP contribution is -2.38. The van der Waals surface area contributed by atoms with Gasteiger partial charge in [0.1, 0.15) is 11.6 Å². The summed E-state index contributed by atoms with van der Waals surface area (Å²) in [4.78, 5) is 23.7. The lowest BCUT2D eigenvalue weighted by molar-refractivity contribution is -0.116. The first-order chi connectivity index (χ1) is 14.2. The van der Waals surface area contributed by atoms with Gasteiger partial charge < -0.3 is 20.7 Å². The number of nitrogens with one attached hydrogen (secondary N) is 2.